The van der Waals surface area contributed by atoms with E-state index in [1.54, 1.807) is 13.8 Å². The van der Waals surface area contributed by atoms with Crippen LogP contribution in [-0.2, 0) is 16.6 Å². The molecule has 1 aliphatic rings. The van der Waals surface area contributed by atoms with E-state index in [9.17, 15) is 8.42 Å². The Hall–Kier alpha value is -2.31. The minimum Gasteiger partial charge on any atom is -0.368 e. The Bertz CT molecular complexity index is 858. The number of aryl methyl sites for hydroxylation is 2. The number of nitrogens with two attached hydrogens (primary N) is 2. The summed E-state index contributed by atoms with van der Waals surface area (Å²) < 4.78 is 32.4. The van der Waals surface area contributed by atoms with Gasteiger partial charge in [-0.1, -0.05) is 5.16 Å². The molecule has 1 saturated heterocycles. The molecule has 2 aromatic heterocycles. The highest BCUT2D eigenvalue weighted by Crippen LogP contribution is 2.24. The van der Waals surface area contributed by atoms with Gasteiger partial charge in [0.05, 0.1) is 6.54 Å². The Morgan fingerprint density at radius 3 is 2.35 bits per heavy atom. The lowest BCUT2D eigenvalue weighted by atomic mass is 10.4. The van der Waals surface area contributed by atoms with Gasteiger partial charge in [-0.3, -0.25) is 4.90 Å². The van der Waals surface area contributed by atoms with Crippen molar-refractivity contribution in [3.63, 3.8) is 0 Å². The summed E-state index contributed by atoms with van der Waals surface area (Å²) in [6.07, 6.45) is 0.679. The molecular weight excluding hydrogens is 360 g/mol. The van der Waals surface area contributed by atoms with Gasteiger partial charge >= 0.3 is 0 Å². The molecule has 0 radical (unpaired) electrons. The van der Waals surface area contributed by atoms with E-state index in [1.165, 1.54) is 4.31 Å². The van der Waals surface area contributed by atoms with Crippen LogP contribution in [0.2, 0.25) is 0 Å². The van der Waals surface area contributed by atoms with Gasteiger partial charge in [0.1, 0.15) is 16.4 Å². The number of nitrogens with zero attached hydrogens (tertiary/aromatic N) is 6. The zero-order valence-corrected chi connectivity index (χ0v) is 15.5. The molecule has 3 rings (SSSR count). The first-order valence-electron chi connectivity index (χ1n) is 8.18. The Morgan fingerprint density at radius 1 is 1.04 bits per heavy atom. The molecule has 2 aromatic rings. The Morgan fingerprint density at radius 2 is 1.73 bits per heavy atom. The van der Waals surface area contributed by atoms with Crippen LogP contribution in [0.5, 0.6) is 0 Å². The molecule has 0 saturated carbocycles. The van der Waals surface area contributed by atoms with E-state index in [1.807, 2.05) is 0 Å². The van der Waals surface area contributed by atoms with E-state index in [2.05, 4.69) is 25.0 Å². The molecule has 1 aliphatic heterocycles. The summed E-state index contributed by atoms with van der Waals surface area (Å²) in [7, 11) is -3.64. The highest BCUT2D eigenvalue weighted by molar-refractivity contribution is 7.89. The van der Waals surface area contributed by atoms with Crippen molar-refractivity contribution in [3.05, 3.63) is 17.3 Å². The average molecular weight is 382 g/mol. The number of rotatable bonds is 4. The topological polar surface area (TPSA) is 157 Å². The fourth-order valence-corrected chi connectivity index (χ4v) is 4.81. The van der Waals surface area contributed by atoms with Crippen molar-refractivity contribution in [3.8, 4) is 0 Å². The fourth-order valence-electron chi connectivity index (χ4n) is 3.05. The maximum Gasteiger partial charge on any atom is 0.248 e. The third kappa shape index (κ3) is 3.76. The molecular formula is C14H22N8O3S. The van der Waals surface area contributed by atoms with Gasteiger partial charge in [-0.25, -0.2) is 8.42 Å². The van der Waals surface area contributed by atoms with E-state index in [4.69, 9.17) is 16.0 Å². The summed E-state index contributed by atoms with van der Waals surface area (Å²) in [5.41, 5.74) is 11.6. The second-order valence-corrected chi connectivity index (χ2v) is 8.03. The Labute approximate surface area is 151 Å². The first-order chi connectivity index (χ1) is 12.3. The first-order valence-corrected chi connectivity index (χ1v) is 9.62. The summed E-state index contributed by atoms with van der Waals surface area (Å²) in [4.78, 5) is 14.1. The number of nitrogen functional groups attached to an aromatic ring is 2. The maximum atomic E-state index is 12.9. The molecule has 12 heteroatoms. The fraction of sp³-hybridized carbons (Fsp3) is 0.571. The van der Waals surface area contributed by atoms with Gasteiger partial charge < -0.3 is 16.0 Å². The van der Waals surface area contributed by atoms with Gasteiger partial charge in [0.15, 0.2) is 5.76 Å². The van der Waals surface area contributed by atoms with Crippen LogP contribution in [0.1, 0.15) is 23.7 Å². The standard InChI is InChI=1S/C14H22N8O3S/c1-9-12(10(2)25-20-9)26(23,24)22-5-3-4-21(6-7-22)8-11-17-13(15)19-14(16)18-11/h3-8H2,1-2H3,(H4,15,16,17,18,19). The van der Waals surface area contributed by atoms with Crippen LogP contribution in [0.3, 0.4) is 0 Å². The quantitative estimate of drug-likeness (QED) is 0.708. The summed E-state index contributed by atoms with van der Waals surface area (Å²) in [5.74, 6) is 0.923. The zero-order valence-electron chi connectivity index (χ0n) is 14.7. The number of anilines is 2. The number of sulfonamides is 1. The van der Waals surface area contributed by atoms with Crippen molar-refractivity contribution >= 4 is 21.9 Å². The van der Waals surface area contributed by atoms with Crippen LogP contribution in [0.25, 0.3) is 0 Å². The summed E-state index contributed by atoms with van der Waals surface area (Å²) in [6.45, 7) is 5.67. The molecule has 3 heterocycles. The molecule has 4 N–H and O–H groups in total. The van der Waals surface area contributed by atoms with E-state index in [0.717, 1.165) is 0 Å². The van der Waals surface area contributed by atoms with Crippen LogP contribution < -0.4 is 11.5 Å². The van der Waals surface area contributed by atoms with Crippen molar-refractivity contribution in [2.45, 2.75) is 31.7 Å². The Balaban J connectivity index is 1.72. The number of aromatic nitrogens is 4. The largest absolute Gasteiger partial charge is 0.368 e. The molecule has 0 aliphatic carbocycles. The van der Waals surface area contributed by atoms with Crippen LogP contribution >= 0.6 is 0 Å². The second kappa shape index (κ2) is 7.13. The molecule has 0 spiro atoms. The highest BCUT2D eigenvalue weighted by Gasteiger charge is 2.32. The van der Waals surface area contributed by atoms with Crippen molar-refractivity contribution in [2.75, 3.05) is 37.6 Å². The van der Waals surface area contributed by atoms with Crippen LogP contribution in [0.4, 0.5) is 11.9 Å². The van der Waals surface area contributed by atoms with Gasteiger partial charge in [0.25, 0.3) is 0 Å². The minimum atomic E-state index is -3.64. The van der Waals surface area contributed by atoms with E-state index in [0.29, 0.717) is 56.4 Å². The van der Waals surface area contributed by atoms with Crippen molar-refractivity contribution < 1.29 is 12.9 Å². The maximum absolute atomic E-state index is 12.9. The number of hydrogen-bond donors (Lipinski definition) is 2. The van der Waals surface area contributed by atoms with Crippen molar-refractivity contribution in [2.24, 2.45) is 0 Å². The molecule has 0 amide bonds. The summed E-state index contributed by atoms with van der Waals surface area (Å²) in [6, 6.07) is 0. The highest BCUT2D eigenvalue weighted by atomic mass is 32.2. The van der Waals surface area contributed by atoms with Gasteiger partial charge in [-0.05, 0) is 26.8 Å². The Kier molecular flexibility index (Phi) is 5.07. The van der Waals surface area contributed by atoms with Gasteiger partial charge in [-0.15, -0.1) is 0 Å². The van der Waals surface area contributed by atoms with Crippen LogP contribution in [-0.4, -0.2) is 63.9 Å². The van der Waals surface area contributed by atoms with Crippen molar-refractivity contribution in [1.82, 2.24) is 29.3 Å². The molecule has 0 atom stereocenters. The minimum absolute atomic E-state index is 0.0740. The lowest BCUT2D eigenvalue weighted by Gasteiger charge is -2.21. The van der Waals surface area contributed by atoms with Gasteiger partial charge in [0.2, 0.25) is 21.9 Å². The first kappa shape index (κ1) is 18.5. The van der Waals surface area contributed by atoms with Crippen molar-refractivity contribution in [1.29, 1.82) is 0 Å². The average Bonchev–Trinajstić information content (AvgIpc) is 2.74. The van der Waals surface area contributed by atoms with E-state index in [-0.39, 0.29) is 16.8 Å². The molecule has 142 valence electrons. The van der Waals surface area contributed by atoms with E-state index >= 15 is 0 Å². The van der Waals surface area contributed by atoms with E-state index < -0.39 is 10.0 Å². The van der Waals surface area contributed by atoms with Crippen LogP contribution in [0.15, 0.2) is 9.42 Å². The number of hydrogen-bond acceptors (Lipinski definition) is 10. The molecule has 0 bridgehead atoms. The molecule has 26 heavy (non-hydrogen) atoms. The molecule has 0 unspecified atom stereocenters. The monoisotopic (exact) mass is 382 g/mol. The second-order valence-electron chi connectivity index (χ2n) is 6.16. The SMILES string of the molecule is Cc1noc(C)c1S(=O)(=O)N1CCCN(Cc2nc(N)nc(N)n2)CC1. The zero-order chi connectivity index (χ0) is 18.9. The smallest absolute Gasteiger partial charge is 0.248 e. The lowest BCUT2D eigenvalue weighted by Crippen LogP contribution is -2.35. The third-order valence-corrected chi connectivity index (χ3v) is 6.34. The van der Waals surface area contributed by atoms with Crippen LogP contribution in [0, 0.1) is 13.8 Å². The van der Waals surface area contributed by atoms with Gasteiger partial charge in [0, 0.05) is 19.6 Å². The molecule has 11 nitrogen and oxygen atoms in total. The van der Waals surface area contributed by atoms with Gasteiger partial charge in [-0.2, -0.15) is 19.3 Å². The summed E-state index contributed by atoms with van der Waals surface area (Å²) >= 11 is 0. The lowest BCUT2D eigenvalue weighted by molar-refractivity contribution is 0.272. The predicted octanol–water partition coefficient (Wildman–Crippen LogP) is -0.463. The third-order valence-electron chi connectivity index (χ3n) is 4.19. The summed E-state index contributed by atoms with van der Waals surface area (Å²) in [5, 5.41) is 3.75. The molecule has 1 fully saturated rings. The molecule has 0 aromatic carbocycles. The predicted molar refractivity (Wildman–Crippen MR) is 93.3 cm³/mol. The normalized spacial score (nSPS) is 17.3.